The monoisotopic (exact) mass is 1120 g/mol. The Balaban J connectivity index is 0.823. The van der Waals surface area contributed by atoms with E-state index in [2.05, 4.69) is 275 Å². The fourth-order valence-corrected chi connectivity index (χ4v) is 17.2. The Morgan fingerprint density at radius 1 is 0.238 bits per heavy atom. The Labute approximate surface area is 492 Å². The standard InChI is InChI=1S/C76H43N5S3/c1-7-25-61-50(19-1)53-35-38-67-70(56-22-4-10-28-64(56)82-67)73(53)79(61)47-33-31-44(32-34-47)76-77-59(45-15-13-17-48(41-45)80-62-26-8-2-20-51(62)54-36-39-68-71(74(54)80)57-23-5-11-29-65(57)83-68)43-60(78-76)46-16-14-18-49(42-46)81-63-27-9-3-21-52(63)55-37-40-69-72(75(55)81)58-24-6-12-30-66(58)84-69/h1-43H. The van der Waals surface area contributed by atoms with Crippen molar-refractivity contribution in [2.45, 2.75) is 0 Å². The van der Waals surface area contributed by atoms with Crippen LogP contribution in [-0.2, 0) is 0 Å². The van der Waals surface area contributed by atoms with E-state index in [1.807, 2.05) is 34.0 Å². The van der Waals surface area contributed by atoms with Gasteiger partial charge in [0.25, 0.3) is 0 Å². The largest absolute Gasteiger partial charge is 0.309 e. The van der Waals surface area contributed by atoms with E-state index in [4.69, 9.17) is 9.97 Å². The molecular formula is C76H43N5S3. The van der Waals surface area contributed by atoms with Gasteiger partial charge in [0.15, 0.2) is 5.82 Å². The second-order valence-corrected chi connectivity index (χ2v) is 25.2. The van der Waals surface area contributed by atoms with Crippen molar-refractivity contribution < 1.29 is 0 Å². The summed E-state index contributed by atoms with van der Waals surface area (Å²) in [4.78, 5) is 11.1. The first-order valence-corrected chi connectivity index (χ1v) is 30.8. The van der Waals surface area contributed by atoms with Crippen LogP contribution in [0.15, 0.2) is 261 Å². The fourth-order valence-electron chi connectivity index (χ4n) is 13.8. The van der Waals surface area contributed by atoms with Crippen molar-refractivity contribution in [3.63, 3.8) is 0 Å². The van der Waals surface area contributed by atoms with Crippen molar-refractivity contribution >= 4 is 160 Å². The van der Waals surface area contributed by atoms with Crippen LogP contribution in [-0.4, -0.2) is 23.7 Å². The van der Waals surface area contributed by atoms with Crippen molar-refractivity contribution in [1.29, 1.82) is 0 Å². The maximum Gasteiger partial charge on any atom is 0.160 e. The summed E-state index contributed by atoms with van der Waals surface area (Å²) in [6.45, 7) is 0. The molecule has 0 aliphatic carbocycles. The van der Waals surface area contributed by atoms with E-state index in [1.54, 1.807) is 0 Å². The van der Waals surface area contributed by atoms with E-state index < -0.39 is 0 Å². The highest BCUT2D eigenvalue weighted by Crippen LogP contribution is 2.47. The van der Waals surface area contributed by atoms with Crippen molar-refractivity contribution in [3.8, 4) is 51.0 Å². The van der Waals surface area contributed by atoms with Gasteiger partial charge in [-0.15, -0.1) is 34.0 Å². The number of rotatable bonds is 6. The lowest BCUT2D eigenvalue weighted by Crippen LogP contribution is -1.99. The van der Waals surface area contributed by atoms with Gasteiger partial charge in [-0.25, -0.2) is 9.97 Å². The van der Waals surface area contributed by atoms with Gasteiger partial charge in [0.05, 0.1) is 44.5 Å². The highest BCUT2D eigenvalue weighted by atomic mass is 32.1. The molecule has 8 heteroatoms. The van der Waals surface area contributed by atoms with E-state index >= 15 is 0 Å². The van der Waals surface area contributed by atoms with Gasteiger partial charge in [0.2, 0.25) is 0 Å². The molecule has 0 bridgehead atoms. The molecule has 0 unspecified atom stereocenters. The Hall–Kier alpha value is -10.2. The van der Waals surface area contributed by atoms with Crippen LogP contribution >= 0.6 is 34.0 Å². The van der Waals surface area contributed by atoms with E-state index in [0.29, 0.717) is 5.82 Å². The smallest absolute Gasteiger partial charge is 0.160 e. The highest BCUT2D eigenvalue weighted by molar-refractivity contribution is 7.26. The summed E-state index contributed by atoms with van der Waals surface area (Å²) in [5, 5.41) is 15.1. The third-order valence-electron chi connectivity index (χ3n) is 17.4. The number of aromatic nitrogens is 5. The first-order valence-electron chi connectivity index (χ1n) is 28.4. The highest BCUT2D eigenvalue weighted by Gasteiger charge is 2.23. The van der Waals surface area contributed by atoms with E-state index in [-0.39, 0.29) is 0 Å². The maximum atomic E-state index is 5.57. The maximum absolute atomic E-state index is 5.57. The second-order valence-electron chi connectivity index (χ2n) is 22.0. The minimum atomic E-state index is 0.657. The van der Waals surface area contributed by atoms with Gasteiger partial charge in [-0.3, -0.25) is 0 Å². The molecule has 0 atom stereocenters. The zero-order valence-electron chi connectivity index (χ0n) is 44.8. The molecule has 0 amide bonds. The minimum absolute atomic E-state index is 0.657. The quantitative estimate of drug-likeness (QED) is 0.166. The molecule has 0 fully saturated rings. The lowest BCUT2D eigenvalue weighted by Gasteiger charge is -2.14. The Morgan fingerprint density at radius 2 is 0.595 bits per heavy atom. The molecule has 0 saturated heterocycles. The van der Waals surface area contributed by atoms with Crippen molar-refractivity contribution in [2.24, 2.45) is 0 Å². The predicted molar refractivity (Wildman–Crippen MR) is 360 cm³/mol. The Kier molecular flexibility index (Phi) is 9.75. The molecule has 0 saturated carbocycles. The molecule has 0 spiro atoms. The molecule has 0 aliphatic heterocycles. The summed E-state index contributed by atoms with van der Waals surface area (Å²) in [5.41, 5.74) is 15.1. The van der Waals surface area contributed by atoms with Crippen LogP contribution in [0.5, 0.6) is 0 Å². The average molecular weight is 1120 g/mol. The van der Waals surface area contributed by atoms with Crippen molar-refractivity contribution in [2.75, 3.05) is 0 Å². The molecule has 0 N–H and O–H groups in total. The Bertz CT molecular complexity index is 5750. The first-order chi connectivity index (χ1) is 41.6. The molecule has 19 rings (SSSR count). The number of hydrogen-bond donors (Lipinski definition) is 0. The van der Waals surface area contributed by atoms with Crippen molar-refractivity contribution in [1.82, 2.24) is 23.7 Å². The minimum Gasteiger partial charge on any atom is -0.309 e. The van der Waals surface area contributed by atoms with Crippen LogP contribution in [0.2, 0.25) is 0 Å². The summed E-state index contributed by atoms with van der Waals surface area (Å²) in [7, 11) is 0. The normalized spacial score (nSPS) is 12.3. The first kappa shape index (κ1) is 46.4. The van der Waals surface area contributed by atoms with E-state index in [1.165, 1.54) is 126 Å². The van der Waals surface area contributed by atoms with Gasteiger partial charge in [0, 0.05) is 127 Å². The Morgan fingerprint density at radius 3 is 1.00 bits per heavy atom. The number of nitrogens with zero attached hydrogens (tertiary/aromatic N) is 5. The van der Waals surface area contributed by atoms with Gasteiger partial charge in [-0.05, 0) is 109 Å². The SMILES string of the molecule is c1cc(-c2cc(-c3cccc(-n4c5ccccc5c5ccc6sc7ccccc7c6c54)c3)nc(-c3ccc(-n4c5ccccc5c5ccc6sc7ccccc7c6c54)cc3)n2)cc(-n2c3ccccc3c3ccc4sc5ccccc5c4c32)c1. The summed E-state index contributed by atoms with van der Waals surface area (Å²) >= 11 is 5.58. The average Bonchev–Trinajstić information content (AvgIpc) is 2.27. The zero-order valence-corrected chi connectivity index (χ0v) is 47.2. The third kappa shape index (κ3) is 6.64. The van der Waals surface area contributed by atoms with Gasteiger partial charge in [0.1, 0.15) is 0 Å². The van der Waals surface area contributed by atoms with Crippen LogP contribution in [0, 0.1) is 0 Å². The lowest BCUT2D eigenvalue weighted by atomic mass is 10.0. The summed E-state index contributed by atoms with van der Waals surface area (Å²) < 4.78 is 15.1. The summed E-state index contributed by atoms with van der Waals surface area (Å²) in [5.74, 6) is 0.657. The molecule has 12 aromatic carbocycles. The lowest BCUT2D eigenvalue weighted by molar-refractivity contribution is 1.15. The topological polar surface area (TPSA) is 40.6 Å². The number of hydrogen-bond acceptors (Lipinski definition) is 5. The molecule has 7 heterocycles. The summed E-state index contributed by atoms with van der Waals surface area (Å²) in [6.07, 6.45) is 0. The summed E-state index contributed by atoms with van der Waals surface area (Å²) in [6, 6.07) is 95.8. The van der Waals surface area contributed by atoms with Crippen molar-refractivity contribution in [3.05, 3.63) is 261 Å². The van der Waals surface area contributed by atoms with Gasteiger partial charge in [-0.2, -0.15) is 0 Å². The molecule has 0 aliphatic rings. The van der Waals surface area contributed by atoms with Crippen LogP contribution in [0.1, 0.15) is 0 Å². The van der Waals surface area contributed by atoms with Crippen LogP contribution in [0.4, 0.5) is 0 Å². The van der Waals surface area contributed by atoms with Gasteiger partial charge >= 0.3 is 0 Å². The number of para-hydroxylation sites is 3. The van der Waals surface area contributed by atoms with Gasteiger partial charge in [-0.1, -0.05) is 152 Å². The second kappa shape index (κ2) is 17.6. The van der Waals surface area contributed by atoms with E-state index in [0.717, 1.165) is 45.1 Å². The number of fused-ring (bicyclic) bond motifs is 21. The number of thiophene rings is 3. The van der Waals surface area contributed by atoms with E-state index in [9.17, 15) is 0 Å². The molecule has 7 aromatic heterocycles. The molecular weight excluding hydrogens is 1080 g/mol. The molecule has 84 heavy (non-hydrogen) atoms. The molecule has 5 nitrogen and oxygen atoms in total. The third-order valence-corrected chi connectivity index (χ3v) is 20.8. The zero-order chi connectivity index (χ0) is 54.7. The molecule has 19 aromatic rings. The van der Waals surface area contributed by atoms with Crippen LogP contribution in [0.3, 0.4) is 0 Å². The number of benzene rings is 12. The fraction of sp³-hybridized carbons (Fsp3) is 0. The van der Waals surface area contributed by atoms with Gasteiger partial charge < -0.3 is 13.7 Å². The molecule has 0 radical (unpaired) electrons. The van der Waals surface area contributed by atoms with Crippen LogP contribution in [0.25, 0.3) is 177 Å². The molecule has 390 valence electrons. The predicted octanol–water partition coefficient (Wildman–Crippen LogP) is 21.9. The van der Waals surface area contributed by atoms with Crippen LogP contribution < -0.4 is 0 Å².